The molecule has 0 fully saturated rings. The number of non-ortho nitro benzene ring substituents is 1. The second-order valence-corrected chi connectivity index (χ2v) is 2.79. The van der Waals surface area contributed by atoms with Crippen LogP contribution >= 0.6 is 11.6 Å². The molecule has 0 aliphatic rings. The molecule has 72 valence electrons. The first-order valence-electron chi connectivity index (χ1n) is 3.69. The van der Waals surface area contributed by atoms with Gasteiger partial charge < -0.3 is 5.11 Å². The zero-order valence-corrected chi connectivity index (χ0v) is 7.78. The van der Waals surface area contributed by atoms with E-state index in [-0.39, 0.29) is 12.3 Å². The summed E-state index contributed by atoms with van der Waals surface area (Å²) < 4.78 is 0. The normalized spacial score (nSPS) is 9.00. The van der Waals surface area contributed by atoms with Crippen LogP contribution < -0.4 is 0 Å². The molecule has 0 atom stereocenters. The summed E-state index contributed by atoms with van der Waals surface area (Å²) in [5.74, 6) is 4.89. The Morgan fingerprint density at radius 3 is 2.86 bits per heavy atom. The van der Waals surface area contributed by atoms with Crippen LogP contribution in [0.2, 0.25) is 5.02 Å². The number of nitro benzene ring substituents is 1. The van der Waals surface area contributed by atoms with Crippen molar-refractivity contribution in [2.75, 3.05) is 6.61 Å². The van der Waals surface area contributed by atoms with Crippen molar-refractivity contribution >= 4 is 17.3 Å². The lowest BCUT2D eigenvalue weighted by Gasteiger charge is -1.95. The maximum Gasteiger partial charge on any atom is 0.270 e. The van der Waals surface area contributed by atoms with Crippen LogP contribution in [0.3, 0.4) is 0 Å². The summed E-state index contributed by atoms with van der Waals surface area (Å²) in [7, 11) is 0. The Balaban J connectivity index is 3.14. The number of benzene rings is 1. The van der Waals surface area contributed by atoms with E-state index in [4.69, 9.17) is 16.7 Å². The standard InChI is InChI=1S/C9H6ClNO3/c10-9-4-3-8(11(13)14)6-7(9)2-1-5-12/h3-4,6,12H,5H2. The van der Waals surface area contributed by atoms with Gasteiger partial charge in [0.25, 0.3) is 5.69 Å². The van der Waals surface area contributed by atoms with Gasteiger partial charge in [0, 0.05) is 12.1 Å². The predicted octanol–water partition coefficient (Wildman–Crippen LogP) is 1.59. The number of hydrogen-bond donors (Lipinski definition) is 1. The van der Waals surface area contributed by atoms with Gasteiger partial charge in [-0.05, 0) is 6.07 Å². The monoisotopic (exact) mass is 211 g/mol. The van der Waals surface area contributed by atoms with E-state index in [1.165, 1.54) is 18.2 Å². The van der Waals surface area contributed by atoms with Crippen molar-refractivity contribution in [2.45, 2.75) is 0 Å². The molecule has 5 heteroatoms. The van der Waals surface area contributed by atoms with Crippen molar-refractivity contribution in [3.05, 3.63) is 38.9 Å². The van der Waals surface area contributed by atoms with Gasteiger partial charge in [-0.2, -0.15) is 0 Å². The minimum Gasteiger partial charge on any atom is -0.384 e. The molecular formula is C9H6ClNO3. The van der Waals surface area contributed by atoms with E-state index < -0.39 is 4.92 Å². The first kappa shape index (κ1) is 10.5. The molecule has 0 heterocycles. The van der Waals surface area contributed by atoms with E-state index >= 15 is 0 Å². The summed E-state index contributed by atoms with van der Waals surface area (Å²) in [4.78, 5) is 9.88. The van der Waals surface area contributed by atoms with Crippen LogP contribution in [0.25, 0.3) is 0 Å². The van der Waals surface area contributed by atoms with Crippen molar-refractivity contribution in [3.63, 3.8) is 0 Å². The van der Waals surface area contributed by atoms with Crippen LogP contribution in [0, 0.1) is 22.0 Å². The van der Waals surface area contributed by atoms with E-state index in [1.54, 1.807) is 0 Å². The minimum absolute atomic E-state index is 0.0726. The van der Waals surface area contributed by atoms with Gasteiger partial charge in [0.05, 0.1) is 15.5 Å². The molecule has 0 amide bonds. The van der Waals surface area contributed by atoms with Gasteiger partial charge in [-0.25, -0.2) is 0 Å². The average Bonchev–Trinajstić information content (AvgIpc) is 2.16. The molecule has 1 N–H and O–H groups in total. The molecule has 4 nitrogen and oxygen atoms in total. The van der Waals surface area contributed by atoms with Gasteiger partial charge in [-0.1, -0.05) is 23.4 Å². The fourth-order valence-electron chi connectivity index (χ4n) is 0.857. The average molecular weight is 212 g/mol. The summed E-state index contributed by atoms with van der Waals surface area (Å²) in [6.45, 7) is -0.307. The number of hydrogen-bond acceptors (Lipinski definition) is 3. The first-order chi connectivity index (χ1) is 6.65. The molecule has 0 bridgehead atoms. The third-order valence-electron chi connectivity index (χ3n) is 1.46. The van der Waals surface area contributed by atoms with Gasteiger partial charge in [0.15, 0.2) is 0 Å². The number of aliphatic hydroxyl groups excluding tert-OH is 1. The highest BCUT2D eigenvalue weighted by Crippen LogP contribution is 2.20. The third kappa shape index (κ3) is 2.46. The zero-order chi connectivity index (χ0) is 10.6. The maximum atomic E-state index is 10.4. The molecule has 1 rings (SSSR count). The minimum atomic E-state index is -0.527. The molecule has 0 saturated carbocycles. The second kappa shape index (κ2) is 4.61. The molecule has 0 saturated heterocycles. The highest BCUT2D eigenvalue weighted by atomic mass is 35.5. The molecule has 0 aliphatic heterocycles. The number of nitrogens with zero attached hydrogens (tertiary/aromatic N) is 1. The fourth-order valence-corrected chi connectivity index (χ4v) is 1.02. The van der Waals surface area contributed by atoms with E-state index in [0.29, 0.717) is 10.6 Å². The quantitative estimate of drug-likeness (QED) is 0.436. The second-order valence-electron chi connectivity index (χ2n) is 2.38. The Kier molecular flexibility index (Phi) is 3.46. The lowest BCUT2D eigenvalue weighted by atomic mass is 10.2. The maximum absolute atomic E-state index is 10.4. The van der Waals surface area contributed by atoms with Crippen LogP contribution in [0.5, 0.6) is 0 Å². The van der Waals surface area contributed by atoms with Gasteiger partial charge >= 0.3 is 0 Å². The molecule has 0 aromatic heterocycles. The van der Waals surface area contributed by atoms with Crippen molar-refractivity contribution in [1.82, 2.24) is 0 Å². The Morgan fingerprint density at radius 2 is 2.29 bits per heavy atom. The first-order valence-corrected chi connectivity index (χ1v) is 4.06. The summed E-state index contributed by atoms with van der Waals surface area (Å²) in [6.07, 6.45) is 0. The summed E-state index contributed by atoms with van der Waals surface area (Å²) in [5.41, 5.74) is 0.270. The van der Waals surface area contributed by atoms with E-state index in [0.717, 1.165) is 0 Å². The fraction of sp³-hybridized carbons (Fsp3) is 0.111. The van der Waals surface area contributed by atoms with Crippen molar-refractivity contribution in [3.8, 4) is 11.8 Å². The molecule has 0 unspecified atom stereocenters. The number of halogens is 1. The third-order valence-corrected chi connectivity index (χ3v) is 1.79. The van der Waals surface area contributed by atoms with Gasteiger partial charge in [-0.3, -0.25) is 10.1 Å². The Morgan fingerprint density at radius 1 is 1.57 bits per heavy atom. The summed E-state index contributed by atoms with van der Waals surface area (Å²) in [5, 5.41) is 19.2. The molecule has 14 heavy (non-hydrogen) atoms. The van der Waals surface area contributed by atoms with E-state index in [9.17, 15) is 10.1 Å². The molecule has 1 aromatic rings. The number of nitro groups is 1. The topological polar surface area (TPSA) is 63.4 Å². The van der Waals surface area contributed by atoms with Crippen molar-refractivity contribution in [1.29, 1.82) is 0 Å². The van der Waals surface area contributed by atoms with E-state index in [1.807, 2.05) is 0 Å². The van der Waals surface area contributed by atoms with Crippen molar-refractivity contribution in [2.24, 2.45) is 0 Å². The van der Waals surface area contributed by atoms with E-state index in [2.05, 4.69) is 11.8 Å². The smallest absolute Gasteiger partial charge is 0.270 e. The summed E-state index contributed by atoms with van der Waals surface area (Å²) >= 11 is 5.73. The Bertz CT molecular complexity index is 420. The molecular weight excluding hydrogens is 206 g/mol. The lowest BCUT2D eigenvalue weighted by Crippen LogP contribution is -1.89. The van der Waals surface area contributed by atoms with Crippen LogP contribution in [0.15, 0.2) is 18.2 Å². The van der Waals surface area contributed by atoms with Crippen LogP contribution in [0.4, 0.5) is 5.69 Å². The zero-order valence-electron chi connectivity index (χ0n) is 7.03. The molecule has 0 radical (unpaired) electrons. The highest BCUT2D eigenvalue weighted by Gasteiger charge is 2.07. The largest absolute Gasteiger partial charge is 0.384 e. The van der Waals surface area contributed by atoms with Gasteiger partial charge in [0.2, 0.25) is 0 Å². The van der Waals surface area contributed by atoms with Gasteiger partial charge in [0.1, 0.15) is 6.61 Å². The van der Waals surface area contributed by atoms with Crippen molar-refractivity contribution < 1.29 is 10.0 Å². The number of aliphatic hydroxyl groups is 1. The lowest BCUT2D eigenvalue weighted by molar-refractivity contribution is -0.384. The van der Waals surface area contributed by atoms with Crippen LogP contribution in [-0.2, 0) is 0 Å². The van der Waals surface area contributed by atoms with Crippen LogP contribution in [0.1, 0.15) is 5.56 Å². The Hall–Kier alpha value is -1.57. The highest BCUT2D eigenvalue weighted by molar-refractivity contribution is 6.31. The van der Waals surface area contributed by atoms with Gasteiger partial charge in [-0.15, -0.1) is 0 Å². The Labute approximate surface area is 85.3 Å². The molecule has 1 aromatic carbocycles. The number of rotatable bonds is 1. The SMILES string of the molecule is O=[N+]([O-])c1ccc(Cl)c(C#CCO)c1. The van der Waals surface area contributed by atoms with Crippen LogP contribution in [-0.4, -0.2) is 16.6 Å². The predicted molar refractivity (Wildman–Crippen MR) is 52.1 cm³/mol. The summed E-state index contributed by atoms with van der Waals surface area (Å²) in [6, 6.07) is 3.97. The molecule has 0 aliphatic carbocycles. The molecule has 0 spiro atoms.